The number of aryl methyl sites for hydroxylation is 1. The van der Waals surface area contributed by atoms with Gasteiger partial charge in [-0.25, -0.2) is 19.9 Å². The minimum absolute atomic E-state index is 0.0285. The van der Waals surface area contributed by atoms with Gasteiger partial charge in [-0.1, -0.05) is 42.1 Å². The fourth-order valence-electron chi connectivity index (χ4n) is 4.30. The van der Waals surface area contributed by atoms with Crippen molar-refractivity contribution in [1.29, 1.82) is 0 Å². The highest BCUT2D eigenvalue weighted by molar-refractivity contribution is 8.15. The van der Waals surface area contributed by atoms with E-state index in [0.29, 0.717) is 29.1 Å². The van der Waals surface area contributed by atoms with E-state index in [1.165, 1.54) is 53.5 Å². The van der Waals surface area contributed by atoms with Gasteiger partial charge >= 0.3 is 18.6 Å². The highest BCUT2D eigenvalue weighted by Gasteiger charge is 2.34. The zero-order valence-electron chi connectivity index (χ0n) is 24.7. The molecule has 3 amide bonds. The number of amidine groups is 1. The molecular formula is C30H24F6N6O5S. The van der Waals surface area contributed by atoms with Crippen LogP contribution in [0.1, 0.15) is 11.1 Å². The Bertz CT molecular complexity index is 1800. The van der Waals surface area contributed by atoms with E-state index in [1.54, 1.807) is 31.2 Å². The Morgan fingerprint density at radius 3 is 2.44 bits per heavy atom. The number of aromatic nitrogens is 3. The Labute approximate surface area is 272 Å². The van der Waals surface area contributed by atoms with E-state index in [2.05, 4.69) is 25.3 Å². The molecule has 0 unspecified atom stereocenters. The van der Waals surface area contributed by atoms with Crippen LogP contribution in [0.3, 0.4) is 0 Å². The van der Waals surface area contributed by atoms with Crippen molar-refractivity contribution in [3.63, 3.8) is 0 Å². The van der Waals surface area contributed by atoms with E-state index >= 15 is 0 Å². The van der Waals surface area contributed by atoms with Gasteiger partial charge in [0.2, 0.25) is 5.91 Å². The number of benzene rings is 3. The summed E-state index contributed by atoms with van der Waals surface area (Å²) in [4.78, 5) is 39.4. The van der Waals surface area contributed by atoms with Crippen LogP contribution in [0.15, 0.2) is 78.0 Å². The number of alkyl halides is 6. The van der Waals surface area contributed by atoms with Crippen molar-refractivity contribution in [1.82, 2.24) is 20.2 Å². The number of thioether (sulfide) groups is 1. The Morgan fingerprint density at radius 2 is 1.75 bits per heavy atom. The van der Waals surface area contributed by atoms with Gasteiger partial charge in [0.1, 0.15) is 17.8 Å². The summed E-state index contributed by atoms with van der Waals surface area (Å²) < 4.78 is 85.6. The fraction of sp³-hybridized carbons (Fsp3) is 0.233. The van der Waals surface area contributed by atoms with Crippen LogP contribution in [-0.4, -0.2) is 63.4 Å². The predicted octanol–water partition coefficient (Wildman–Crippen LogP) is 6.40. The molecule has 0 bridgehead atoms. The summed E-state index contributed by atoms with van der Waals surface area (Å²) in [6.45, 7) is 0.181. The second-order valence-corrected chi connectivity index (χ2v) is 11.0. The lowest BCUT2D eigenvalue weighted by molar-refractivity contribution is -0.274. The highest BCUT2D eigenvalue weighted by atomic mass is 32.2. The van der Waals surface area contributed by atoms with Gasteiger partial charge < -0.3 is 9.47 Å². The monoisotopic (exact) mass is 694 g/mol. The summed E-state index contributed by atoms with van der Waals surface area (Å²) >= 11 is 0.936. The van der Waals surface area contributed by atoms with Crippen molar-refractivity contribution in [3.8, 4) is 28.6 Å². The van der Waals surface area contributed by atoms with Crippen LogP contribution in [0.5, 0.6) is 11.5 Å². The minimum Gasteiger partial charge on any atom is -0.482 e. The molecule has 3 aromatic carbocycles. The van der Waals surface area contributed by atoms with Gasteiger partial charge in [0.05, 0.1) is 23.7 Å². The Hall–Kier alpha value is -5.10. The van der Waals surface area contributed by atoms with Gasteiger partial charge in [0, 0.05) is 5.56 Å². The first-order valence-electron chi connectivity index (χ1n) is 13.9. The molecule has 2 heterocycles. The van der Waals surface area contributed by atoms with Gasteiger partial charge in [-0.15, -0.1) is 18.3 Å². The number of carbonyl (C=O) groups excluding carboxylic acids is 2. The van der Waals surface area contributed by atoms with Crippen molar-refractivity contribution in [2.24, 2.45) is 4.99 Å². The van der Waals surface area contributed by atoms with E-state index in [0.717, 1.165) is 22.2 Å². The lowest BCUT2D eigenvalue weighted by atomic mass is 10.1. The lowest BCUT2D eigenvalue weighted by Crippen LogP contribution is -2.32. The number of urea groups is 1. The first kappa shape index (κ1) is 34.2. The zero-order chi connectivity index (χ0) is 34.5. The summed E-state index contributed by atoms with van der Waals surface area (Å²) in [5, 5.41) is 4.31. The first-order chi connectivity index (χ1) is 22.7. The second-order valence-electron chi connectivity index (χ2n) is 10.0. The van der Waals surface area contributed by atoms with E-state index in [4.69, 9.17) is 9.57 Å². The molecule has 0 spiro atoms. The quantitative estimate of drug-likeness (QED) is 0.115. The normalized spacial score (nSPS) is 14.4. The average Bonchev–Trinajstić information content (AvgIpc) is 3.65. The molecule has 1 fully saturated rings. The van der Waals surface area contributed by atoms with Crippen LogP contribution in [0.4, 0.5) is 36.8 Å². The number of hydroxylamine groups is 1. The maximum absolute atomic E-state index is 12.8. The van der Waals surface area contributed by atoms with Gasteiger partial charge in [-0.05, 0) is 60.9 Å². The van der Waals surface area contributed by atoms with Crippen LogP contribution in [0.25, 0.3) is 17.1 Å². The molecule has 1 aliphatic heterocycles. The van der Waals surface area contributed by atoms with Gasteiger partial charge in [-0.3, -0.25) is 14.5 Å². The van der Waals surface area contributed by atoms with Gasteiger partial charge in [0.25, 0.3) is 0 Å². The van der Waals surface area contributed by atoms with Crippen LogP contribution in [0, 0.1) is 6.92 Å². The van der Waals surface area contributed by atoms with Crippen LogP contribution >= 0.6 is 11.8 Å². The summed E-state index contributed by atoms with van der Waals surface area (Å²) in [6, 6.07) is 15.7. The summed E-state index contributed by atoms with van der Waals surface area (Å²) in [5.41, 5.74) is 4.83. The van der Waals surface area contributed by atoms with E-state index in [9.17, 15) is 35.9 Å². The van der Waals surface area contributed by atoms with Gasteiger partial charge in [0.15, 0.2) is 17.6 Å². The van der Waals surface area contributed by atoms with Gasteiger partial charge in [-0.2, -0.15) is 18.2 Å². The Kier molecular flexibility index (Phi) is 10.2. The van der Waals surface area contributed by atoms with E-state index in [1.807, 2.05) is 0 Å². The number of carbonyl (C=O) groups is 2. The topological polar surface area (TPSA) is 120 Å². The number of ether oxygens (including phenoxy) is 2. The Morgan fingerprint density at radius 1 is 1.02 bits per heavy atom. The van der Waals surface area contributed by atoms with Crippen LogP contribution in [-0.2, 0) is 16.1 Å². The average molecular weight is 695 g/mol. The van der Waals surface area contributed by atoms with Crippen LogP contribution < -0.4 is 19.9 Å². The number of nitrogens with one attached hydrogen (secondary N) is 1. The second kappa shape index (κ2) is 14.3. The predicted molar refractivity (Wildman–Crippen MR) is 162 cm³/mol. The van der Waals surface area contributed by atoms with Crippen molar-refractivity contribution >= 4 is 34.6 Å². The standard InChI is InChI=1S/C30H24F6N6O5S/c1-18-2-11-24(45-16-29(31,32)33)23(14-18)42-25(43)15-48-28(42)38-27(44)40-46-13-12-19-3-5-20(6-4-19)26-37-17-41(39-26)21-7-9-22(10-8-21)47-30(34,35)36/h2-11,14,17H,12-13,15-16H2,1H3,(H,40,44)/b38-28-. The number of rotatable bonds is 10. The molecule has 1 aromatic heterocycles. The third kappa shape index (κ3) is 9.25. The molecular weight excluding hydrogens is 670 g/mol. The third-order valence-electron chi connectivity index (χ3n) is 6.40. The molecule has 252 valence electrons. The molecule has 0 radical (unpaired) electrons. The van der Waals surface area contributed by atoms with Crippen molar-refractivity contribution in [2.45, 2.75) is 25.9 Å². The number of hydrogen-bond donors (Lipinski definition) is 1. The SMILES string of the molecule is Cc1ccc(OCC(F)(F)F)c(N2C(=O)CS/C2=N\C(=O)NOCCc2ccc(-c3ncn(-c4ccc(OC(F)(F)F)cc4)n3)cc2)c1. The maximum Gasteiger partial charge on any atom is 0.573 e. The minimum atomic E-state index is -4.79. The molecule has 48 heavy (non-hydrogen) atoms. The molecule has 5 rings (SSSR count). The molecule has 0 aliphatic carbocycles. The maximum atomic E-state index is 12.8. The first-order valence-corrected chi connectivity index (χ1v) is 14.9. The third-order valence-corrected chi connectivity index (χ3v) is 7.32. The molecule has 0 saturated carbocycles. The smallest absolute Gasteiger partial charge is 0.482 e. The number of hydrogen-bond acceptors (Lipinski definition) is 8. The van der Waals surface area contributed by atoms with E-state index < -0.39 is 31.1 Å². The van der Waals surface area contributed by atoms with E-state index in [-0.39, 0.29) is 34.7 Å². The van der Waals surface area contributed by atoms with Crippen molar-refractivity contribution in [2.75, 3.05) is 23.9 Å². The van der Waals surface area contributed by atoms with Crippen LogP contribution in [0.2, 0.25) is 0 Å². The fourth-order valence-corrected chi connectivity index (χ4v) is 5.16. The summed E-state index contributed by atoms with van der Waals surface area (Å²) in [5.74, 6) is -0.750. The summed E-state index contributed by atoms with van der Waals surface area (Å²) in [7, 11) is 0. The molecule has 18 heteroatoms. The number of amides is 3. The Balaban J connectivity index is 1.13. The number of anilines is 1. The molecule has 0 atom stereocenters. The molecule has 1 saturated heterocycles. The largest absolute Gasteiger partial charge is 0.573 e. The highest BCUT2D eigenvalue weighted by Crippen LogP contribution is 2.36. The number of aliphatic imine (C=N–C) groups is 1. The molecule has 1 aliphatic rings. The summed E-state index contributed by atoms with van der Waals surface area (Å²) in [6.07, 6.45) is -7.58. The molecule has 4 aromatic rings. The number of halogens is 6. The zero-order valence-corrected chi connectivity index (χ0v) is 25.5. The molecule has 11 nitrogen and oxygen atoms in total. The lowest BCUT2D eigenvalue weighted by Gasteiger charge is -2.21. The van der Waals surface area contributed by atoms with Crippen molar-refractivity contribution in [3.05, 3.63) is 84.2 Å². The van der Waals surface area contributed by atoms with Crippen molar-refractivity contribution < 1.29 is 50.2 Å². The molecule has 1 N–H and O–H groups in total. The number of nitrogens with zero attached hydrogens (tertiary/aromatic N) is 5.